The van der Waals surface area contributed by atoms with E-state index in [2.05, 4.69) is 95.8 Å². The second-order valence-electron chi connectivity index (χ2n) is 8.40. The summed E-state index contributed by atoms with van der Waals surface area (Å²) < 4.78 is 2.27. The van der Waals surface area contributed by atoms with E-state index in [0.29, 0.717) is 5.56 Å². The summed E-state index contributed by atoms with van der Waals surface area (Å²) in [7, 11) is 0. The van der Waals surface area contributed by atoms with Crippen molar-refractivity contribution >= 4 is 16.8 Å². The molecule has 0 aliphatic rings. The lowest BCUT2D eigenvalue weighted by Crippen LogP contribution is -2.29. The Morgan fingerprint density at radius 3 is 2.15 bits per heavy atom. The van der Waals surface area contributed by atoms with Crippen molar-refractivity contribution in [3.63, 3.8) is 0 Å². The van der Waals surface area contributed by atoms with Crippen LogP contribution in [0.4, 0.5) is 0 Å². The Bertz CT molecular complexity index is 1370. The van der Waals surface area contributed by atoms with Crippen LogP contribution in [0, 0.1) is 6.92 Å². The molecule has 162 valence electrons. The quantitative estimate of drug-likeness (QED) is 0.327. The van der Waals surface area contributed by atoms with Gasteiger partial charge < -0.3 is 9.88 Å². The topological polar surface area (TPSA) is 34.0 Å². The maximum absolute atomic E-state index is 13.2. The van der Waals surface area contributed by atoms with Crippen molar-refractivity contribution in [2.75, 3.05) is 0 Å². The highest BCUT2D eigenvalue weighted by Crippen LogP contribution is 2.32. The third-order valence-corrected chi connectivity index (χ3v) is 6.05. The number of hydrogen-bond acceptors (Lipinski definition) is 1. The molecule has 1 amide bonds. The molecule has 1 aromatic heterocycles. The molecule has 0 bridgehead atoms. The predicted octanol–water partition coefficient (Wildman–Crippen LogP) is 6.52. The van der Waals surface area contributed by atoms with E-state index in [0.717, 1.165) is 28.6 Å². The molecule has 0 aliphatic heterocycles. The van der Waals surface area contributed by atoms with Gasteiger partial charge in [-0.15, -0.1) is 0 Å². The number of aryl methyl sites for hydroxylation is 1. The number of rotatable bonds is 6. The molecular weight excluding hydrogens is 404 g/mol. The van der Waals surface area contributed by atoms with E-state index in [1.165, 1.54) is 11.1 Å². The maximum Gasteiger partial charge on any atom is 0.252 e. The Labute approximate surface area is 194 Å². The molecule has 0 fully saturated rings. The second kappa shape index (κ2) is 9.17. The van der Waals surface area contributed by atoms with Gasteiger partial charge in [0.05, 0.1) is 6.04 Å². The normalized spacial score (nSPS) is 11.9. The van der Waals surface area contributed by atoms with E-state index in [1.807, 2.05) is 36.4 Å². The third-order valence-electron chi connectivity index (χ3n) is 6.05. The predicted molar refractivity (Wildman–Crippen MR) is 134 cm³/mol. The molecule has 3 heteroatoms. The molecule has 33 heavy (non-hydrogen) atoms. The Kier molecular flexibility index (Phi) is 5.77. The average molecular weight is 431 g/mol. The first kappa shape index (κ1) is 20.8. The number of hydrogen-bond donors (Lipinski definition) is 1. The van der Waals surface area contributed by atoms with E-state index in [-0.39, 0.29) is 11.9 Å². The second-order valence-corrected chi connectivity index (χ2v) is 8.40. The number of carbonyl (C=O) groups excluding carboxylic acids is 1. The zero-order valence-electron chi connectivity index (χ0n) is 18.6. The van der Waals surface area contributed by atoms with Gasteiger partial charge in [0.1, 0.15) is 0 Å². The van der Waals surface area contributed by atoms with Crippen molar-refractivity contribution in [2.45, 2.75) is 19.5 Å². The fourth-order valence-electron chi connectivity index (χ4n) is 4.32. The molecule has 0 radical (unpaired) electrons. The van der Waals surface area contributed by atoms with Gasteiger partial charge in [-0.1, -0.05) is 96.6 Å². The van der Waals surface area contributed by atoms with Crippen LogP contribution in [-0.2, 0) is 6.54 Å². The number of benzene rings is 4. The summed E-state index contributed by atoms with van der Waals surface area (Å²) in [6, 6.07) is 36.4. The molecule has 4 aromatic carbocycles. The number of para-hydroxylation sites is 1. The molecule has 3 nitrogen and oxygen atoms in total. The molecule has 1 N–H and O–H groups in total. The number of nitrogens with zero attached hydrogens (tertiary/aromatic N) is 1. The van der Waals surface area contributed by atoms with E-state index < -0.39 is 0 Å². The lowest BCUT2D eigenvalue weighted by atomic mass is 9.97. The van der Waals surface area contributed by atoms with Gasteiger partial charge in [-0.25, -0.2) is 0 Å². The summed E-state index contributed by atoms with van der Waals surface area (Å²) >= 11 is 0. The Morgan fingerprint density at radius 2 is 1.42 bits per heavy atom. The van der Waals surface area contributed by atoms with E-state index in [9.17, 15) is 4.79 Å². The van der Waals surface area contributed by atoms with E-state index in [4.69, 9.17) is 0 Å². The van der Waals surface area contributed by atoms with Crippen LogP contribution in [0.3, 0.4) is 0 Å². The first-order valence-electron chi connectivity index (χ1n) is 11.2. The lowest BCUT2D eigenvalue weighted by Gasteiger charge is -2.20. The lowest BCUT2D eigenvalue weighted by molar-refractivity contribution is 0.0943. The number of aromatic nitrogens is 1. The van der Waals surface area contributed by atoms with Gasteiger partial charge in [0.15, 0.2) is 0 Å². The highest BCUT2D eigenvalue weighted by Gasteiger charge is 2.22. The van der Waals surface area contributed by atoms with Crippen molar-refractivity contribution < 1.29 is 4.79 Å². The van der Waals surface area contributed by atoms with Gasteiger partial charge in [0, 0.05) is 34.8 Å². The van der Waals surface area contributed by atoms with Crippen LogP contribution >= 0.6 is 0 Å². The number of fused-ring (bicyclic) bond motifs is 1. The van der Waals surface area contributed by atoms with Gasteiger partial charge >= 0.3 is 0 Å². The SMILES string of the molecule is Cc1ccc([C@@H](NC(=O)c2ccccc2)c2cn(Cc3ccccc3)c3ccccc23)cc1. The monoisotopic (exact) mass is 430 g/mol. The van der Waals surface area contributed by atoms with Gasteiger partial charge in [-0.05, 0) is 36.2 Å². The van der Waals surface area contributed by atoms with Crippen molar-refractivity contribution in [1.82, 2.24) is 9.88 Å². The zero-order chi connectivity index (χ0) is 22.6. The van der Waals surface area contributed by atoms with E-state index >= 15 is 0 Å². The van der Waals surface area contributed by atoms with Crippen LogP contribution in [0.2, 0.25) is 0 Å². The van der Waals surface area contributed by atoms with Crippen molar-refractivity contribution in [3.05, 3.63) is 143 Å². The fraction of sp³-hybridized carbons (Fsp3) is 0.100. The summed E-state index contributed by atoms with van der Waals surface area (Å²) in [5.74, 6) is -0.0823. The molecular formula is C30H26N2O. The van der Waals surface area contributed by atoms with Crippen LogP contribution in [0.1, 0.15) is 38.7 Å². The highest BCUT2D eigenvalue weighted by molar-refractivity contribution is 5.95. The van der Waals surface area contributed by atoms with Gasteiger partial charge in [-0.3, -0.25) is 4.79 Å². The van der Waals surface area contributed by atoms with E-state index in [1.54, 1.807) is 0 Å². The molecule has 1 atom stereocenters. The van der Waals surface area contributed by atoms with Crippen molar-refractivity contribution in [2.24, 2.45) is 0 Å². The zero-order valence-corrected chi connectivity index (χ0v) is 18.6. The Hall–Kier alpha value is -4.11. The minimum absolute atomic E-state index is 0.0823. The molecule has 5 rings (SSSR count). The molecule has 5 aromatic rings. The van der Waals surface area contributed by atoms with Crippen LogP contribution in [-0.4, -0.2) is 10.5 Å². The fourth-order valence-corrected chi connectivity index (χ4v) is 4.32. The van der Waals surface area contributed by atoms with Gasteiger partial charge in [-0.2, -0.15) is 0 Å². The Balaban J connectivity index is 1.60. The van der Waals surface area contributed by atoms with Crippen LogP contribution in [0.15, 0.2) is 115 Å². The first-order valence-corrected chi connectivity index (χ1v) is 11.2. The Morgan fingerprint density at radius 1 is 0.788 bits per heavy atom. The summed E-state index contributed by atoms with van der Waals surface area (Å²) in [4.78, 5) is 13.2. The molecule has 0 saturated carbocycles. The molecule has 1 heterocycles. The van der Waals surface area contributed by atoms with Crippen LogP contribution < -0.4 is 5.32 Å². The number of carbonyl (C=O) groups is 1. The molecule has 0 aliphatic carbocycles. The van der Waals surface area contributed by atoms with Gasteiger partial charge in [0.25, 0.3) is 5.91 Å². The summed E-state index contributed by atoms with van der Waals surface area (Å²) in [5, 5.41) is 4.45. The number of amides is 1. The van der Waals surface area contributed by atoms with Crippen LogP contribution in [0.5, 0.6) is 0 Å². The molecule has 0 spiro atoms. The highest BCUT2D eigenvalue weighted by atomic mass is 16.1. The summed E-state index contributed by atoms with van der Waals surface area (Å²) in [5.41, 5.74) is 6.40. The summed E-state index contributed by atoms with van der Waals surface area (Å²) in [6.07, 6.45) is 2.19. The van der Waals surface area contributed by atoms with Crippen molar-refractivity contribution in [3.8, 4) is 0 Å². The standard InChI is InChI=1S/C30H26N2O/c1-22-16-18-24(19-17-22)29(31-30(33)25-12-6-3-7-13-25)27-21-32(20-23-10-4-2-5-11-23)28-15-9-8-14-26(27)28/h2-19,21,29H,20H2,1H3,(H,31,33)/t29-/m1/s1. The van der Waals surface area contributed by atoms with Gasteiger partial charge in [0.2, 0.25) is 0 Å². The number of nitrogens with one attached hydrogen (secondary N) is 1. The summed E-state index contributed by atoms with van der Waals surface area (Å²) in [6.45, 7) is 2.85. The maximum atomic E-state index is 13.2. The molecule has 0 saturated heterocycles. The largest absolute Gasteiger partial charge is 0.343 e. The molecule has 0 unspecified atom stereocenters. The minimum Gasteiger partial charge on any atom is -0.343 e. The smallest absolute Gasteiger partial charge is 0.252 e. The van der Waals surface area contributed by atoms with Crippen LogP contribution in [0.25, 0.3) is 10.9 Å². The first-order chi connectivity index (χ1) is 16.2. The van der Waals surface area contributed by atoms with Crippen molar-refractivity contribution in [1.29, 1.82) is 0 Å². The average Bonchev–Trinajstić information content (AvgIpc) is 3.22. The minimum atomic E-state index is -0.264. The third kappa shape index (κ3) is 4.44.